The van der Waals surface area contributed by atoms with Crippen LogP contribution in [-0.4, -0.2) is 17.6 Å². The van der Waals surface area contributed by atoms with E-state index in [1.54, 1.807) is 36.7 Å². The molecule has 0 amide bonds. The summed E-state index contributed by atoms with van der Waals surface area (Å²) in [6.45, 7) is 0. The van der Waals surface area contributed by atoms with Crippen molar-refractivity contribution in [1.82, 2.24) is 9.19 Å². The highest BCUT2D eigenvalue weighted by Crippen LogP contribution is 2.25. The van der Waals surface area contributed by atoms with Crippen LogP contribution in [0.25, 0.3) is 11.0 Å². The number of hydrogen-bond donors (Lipinski definition) is 0. The Hall–Kier alpha value is -2.08. The standard InChI is InChI=1S/C14H12N2O3S/c17-20(18,16-9-11-2-1-3-13(11)15-16)12-4-5-14-10(8-12)6-7-19-14/h4-9H,1-3H2. The van der Waals surface area contributed by atoms with Crippen LogP contribution in [0.15, 0.2) is 46.0 Å². The zero-order valence-electron chi connectivity index (χ0n) is 10.6. The maximum Gasteiger partial charge on any atom is 0.282 e. The molecule has 3 aromatic rings. The Morgan fingerprint density at radius 2 is 2.10 bits per heavy atom. The van der Waals surface area contributed by atoms with E-state index >= 15 is 0 Å². The normalized spacial score (nSPS) is 14.8. The minimum Gasteiger partial charge on any atom is -0.464 e. The van der Waals surface area contributed by atoms with E-state index in [4.69, 9.17) is 4.42 Å². The second kappa shape index (κ2) is 3.96. The summed E-state index contributed by atoms with van der Waals surface area (Å²) in [6, 6.07) is 6.58. The van der Waals surface area contributed by atoms with Gasteiger partial charge in [0.25, 0.3) is 10.0 Å². The van der Waals surface area contributed by atoms with Crippen LogP contribution in [0.3, 0.4) is 0 Å². The Morgan fingerprint density at radius 1 is 1.20 bits per heavy atom. The molecule has 1 aromatic carbocycles. The van der Waals surface area contributed by atoms with Gasteiger partial charge in [0.2, 0.25) is 0 Å². The first kappa shape index (κ1) is 11.7. The van der Waals surface area contributed by atoms with Gasteiger partial charge in [-0.25, -0.2) is 0 Å². The minimum absolute atomic E-state index is 0.229. The predicted octanol–water partition coefficient (Wildman–Crippen LogP) is 2.36. The van der Waals surface area contributed by atoms with Gasteiger partial charge in [0.05, 0.1) is 16.9 Å². The molecule has 1 aliphatic rings. The van der Waals surface area contributed by atoms with Gasteiger partial charge in [0, 0.05) is 11.6 Å². The van der Waals surface area contributed by atoms with E-state index in [2.05, 4.69) is 5.10 Å². The Balaban J connectivity index is 1.85. The van der Waals surface area contributed by atoms with Gasteiger partial charge in [-0.2, -0.15) is 17.6 Å². The van der Waals surface area contributed by atoms with Crippen molar-refractivity contribution in [1.29, 1.82) is 0 Å². The fourth-order valence-corrected chi connectivity index (χ4v) is 3.83. The van der Waals surface area contributed by atoms with Crippen molar-refractivity contribution in [3.63, 3.8) is 0 Å². The summed E-state index contributed by atoms with van der Waals surface area (Å²) in [7, 11) is -3.62. The molecule has 4 rings (SSSR count). The van der Waals surface area contributed by atoms with Gasteiger partial charge in [0.1, 0.15) is 5.58 Å². The van der Waals surface area contributed by atoms with E-state index < -0.39 is 10.0 Å². The molecule has 2 aromatic heterocycles. The molecule has 0 fully saturated rings. The third-order valence-corrected chi connectivity index (χ3v) is 5.21. The molecule has 0 aliphatic heterocycles. The fourth-order valence-electron chi connectivity index (χ4n) is 2.62. The van der Waals surface area contributed by atoms with Crippen molar-refractivity contribution < 1.29 is 12.8 Å². The monoisotopic (exact) mass is 288 g/mol. The van der Waals surface area contributed by atoms with E-state index in [0.717, 1.165) is 40.0 Å². The average molecular weight is 288 g/mol. The first-order valence-electron chi connectivity index (χ1n) is 6.45. The van der Waals surface area contributed by atoms with Crippen LogP contribution in [0.2, 0.25) is 0 Å². The molecule has 0 N–H and O–H groups in total. The lowest BCUT2D eigenvalue weighted by Crippen LogP contribution is -2.14. The molecule has 0 saturated carbocycles. The molecule has 5 nitrogen and oxygen atoms in total. The van der Waals surface area contributed by atoms with Crippen molar-refractivity contribution in [2.24, 2.45) is 0 Å². The van der Waals surface area contributed by atoms with Crippen molar-refractivity contribution in [3.8, 4) is 0 Å². The molecule has 0 bridgehead atoms. The lowest BCUT2D eigenvalue weighted by Gasteiger charge is -2.04. The zero-order chi connectivity index (χ0) is 13.7. The smallest absolute Gasteiger partial charge is 0.282 e. The summed E-state index contributed by atoms with van der Waals surface area (Å²) in [5.74, 6) is 0. The molecule has 0 radical (unpaired) electrons. The number of nitrogens with zero attached hydrogens (tertiary/aromatic N) is 2. The van der Waals surface area contributed by atoms with Crippen LogP contribution in [0.4, 0.5) is 0 Å². The van der Waals surface area contributed by atoms with Crippen LogP contribution in [0.1, 0.15) is 17.7 Å². The highest BCUT2D eigenvalue weighted by Gasteiger charge is 2.23. The molecule has 0 atom stereocenters. The lowest BCUT2D eigenvalue weighted by atomic mass is 10.3. The Morgan fingerprint density at radius 3 is 2.95 bits per heavy atom. The summed E-state index contributed by atoms with van der Waals surface area (Å²) < 4.78 is 31.5. The number of furan rings is 1. The van der Waals surface area contributed by atoms with Gasteiger partial charge >= 0.3 is 0 Å². The second-order valence-corrected chi connectivity index (χ2v) is 6.75. The van der Waals surface area contributed by atoms with E-state index in [1.807, 2.05) is 0 Å². The Bertz CT molecular complexity index is 884. The SMILES string of the molecule is O=S(=O)(c1ccc2occc2c1)n1cc2c(n1)CCC2. The summed E-state index contributed by atoms with van der Waals surface area (Å²) >= 11 is 0. The summed E-state index contributed by atoms with van der Waals surface area (Å²) in [5, 5.41) is 4.98. The van der Waals surface area contributed by atoms with Crippen LogP contribution in [0.5, 0.6) is 0 Å². The average Bonchev–Trinajstić information content (AvgIpc) is 3.12. The number of benzene rings is 1. The van der Waals surface area contributed by atoms with Crippen LogP contribution in [-0.2, 0) is 22.9 Å². The van der Waals surface area contributed by atoms with E-state index in [-0.39, 0.29) is 4.90 Å². The Labute approximate surface area is 115 Å². The molecular weight excluding hydrogens is 276 g/mol. The molecule has 0 spiro atoms. The number of fused-ring (bicyclic) bond motifs is 2. The number of aryl methyl sites for hydroxylation is 2. The first-order valence-corrected chi connectivity index (χ1v) is 7.89. The van der Waals surface area contributed by atoms with Crippen molar-refractivity contribution in [2.75, 3.05) is 0 Å². The van der Waals surface area contributed by atoms with Gasteiger partial charge < -0.3 is 4.42 Å². The van der Waals surface area contributed by atoms with E-state index in [0.29, 0.717) is 5.58 Å². The highest BCUT2D eigenvalue weighted by atomic mass is 32.2. The lowest BCUT2D eigenvalue weighted by molar-refractivity contribution is 0.578. The van der Waals surface area contributed by atoms with Gasteiger partial charge in [-0.3, -0.25) is 0 Å². The number of rotatable bonds is 2. The van der Waals surface area contributed by atoms with Gasteiger partial charge in [0.15, 0.2) is 0 Å². The zero-order valence-corrected chi connectivity index (χ0v) is 11.4. The van der Waals surface area contributed by atoms with Crippen LogP contribution >= 0.6 is 0 Å². The third kappa shape index (κ3) is 1.61. The van der Waals surface area contributed by atoms with E-state index in [1.165, 1.54) is 0 Å². The van der Waals surface area contributed by atoms with Gasteiger partial charge in [-0.05, 0) is 49.1 Å². The second-order valence-electron chi connectivity index (χ2n) is 4.95. The maximum absolute atomic E-state index is 12.6. The molecule has 0 saturated heterocycles. The molecule has 0 unspecified atom stereocenters. The van der Waals surface area contributed by atoms with Crippen molar-refractivity contribution >= 4 is 21.0 Å². The number of hydrogen-bond acceptors (Lipinski definition) is 4. The van der Waals surface area contributed by atoms with Gasteiger partial charge in [-0.1, -0.05) is 0 Å². The largest absolute Gasteiger partial charge is 0.464 e. The third-order valence-electron chi connectivity index (χ3n) is 3.68. The fraction of sp³-hybridized carbons (Fsp3) is 0.214. The predicted molar refractivity (Wildman–Crippen MR) is 73.0 cm³/mol. The highest BCUT2D eigenvalue weighted by molar-refractivity contribution is 7.89. The van der Waals surface area contributed by atoms with Crippen LogP contribution < -0.4 is 0 Å². The molecule has 20 heavy (non-hydrogen) atoms. The summed E-state index contributed by atoms with van der Waals surface area (Å²) in [6.07, 6.45) is 6.00. The minimum atomic E-state index is -3.62. The van der Waals surface area contributed by atoms with Crippen LogP contribution in [0, 0.1) is 0 Å². The topological polar surface area (TPSA) is 65.1 Å². The van der Waals surface area contributed by atoms with Gasteiger partial charge in [-0.15, -0.1) is 0 Å². The molecular formula is C14H12N2O3S. The van der Waals surface area contributed by atoms with Crippen molar-refractivity contribution in [2.45, 2.75) is 24.2 Å². The molecule has 1 aliphatic carbocycles. The van der Waals surface area contributed by atoms with E-state index in [9.17, 15) is 8.42 Å². The summed E-state index contributed by atoms with van der Waals surface area (Å²) in [5.41, 5.74) is 2.61. The molecule has 6 heteroatoms. The van der Waals surface area contributed by atoms with Crippen molar-refractivity contribution in [3.05, 3.63) is 48.0 Å². The summed E-state index contributed by atoms with van der Waals surface area (Å²) in [4.78, 5) is 0.229. The Kier molecular flexibility index (Phi) is 2.32. The first-order chi connectivity index (χ1) is 9.64. The molecule has 102 valence electrons. The molecule has 2 heterocycles. The number of aromatic nitrogens is 2. The maximum atomic E-state index is 12.6. The quantitative estimate of drug-likeness (QED) is 0.726.